The van der Waals surface area contributed by atoms with E-state index in [1.54, 1.807) is 12.4 Å². The average molecular weight is 218 g/mol. The molecule has 0 radical (unpaired) electrons. The summed E-state index contributed by atoms with van der Waals surface area (Å²) in [6.45, 7) is 0.749. The molecule has 1 aromatic rings. The summed E-state index contributed by atoms with van der Waals surface area (Å²) in [5.74, 6) is 1.95. The number of hydrogen-bond donors (Lipinski definition) is 1. The Labute approximate surface area is 87.1 Å². The van der Waals surface area contributed by atoms with Crippen LogP contribution in [-0.4, -0.2) is 22.3 Å². The van der Waals surface area contributed by atoms with Crippen LogP contribution in [0.1, 0.15) is 12.1 Å². The average Bonchev–Trinajstić information content (AvgIpc) is 2.15. The molecule has 3 nitrogen and oxygen atoms in total. The van der Waals surface area contributed by atoms with Crippen molar-refractivity contribution in [2.45, 2.75) is 12.2 Å². The van der Waals surface area contributed by atoms with Gasteiger partial charge in [-0.25, -0.2) is 4.98 Å². The molecular weight excluding hydrogens is 206 g/mol. The Morgan fingerprint density at radius 3 is 2.85 bits per heavy atom. The Hall–Kier alpha value is -0.320. The Morgan fingerprint density at radius 2 is 2.23 bits per heavy atom. The molecule has 0 atom stereocenters. The summed E-state index contributed by atoms with van der Waals surface area (Å²) in [7, 11) is 0. The fourth-order valence-electron chi connectivity index (χ4n) is 0.776. The number of thioether (sulfide) groups is 1. The van der Waals surface area contributed by atoms with Crippen molar-refractivity contribution >= 4 is 23.4 Å². The third-order valence-corrected chi connectivity index (χ3v) is 2.69. The van der Waals surface area contributed by atoms with Crippen molar-refractivity contribution in [1.29, 1.82) is 0 Å². The zero-order valence-corrected chi connectivity index (χ0v) is 8.81. The van der Waals surface area contributed by atoms with E-state index in [2.05, 4.69) is 9.97 Å². The van der Waals surface area contributed by atoms with Crippen molar-refractivity contribution in [2.75, 3.05) is 12.3 Å². The highest BCUT2D eigenvalue weighted by Crippen LogP contribution is 2.10. The predicted molar refractivity (Wildman–Crippen MR) is 56.9 cm³/mol. The molecule has 0 saturated heterocycles. The summed E-state index contributed by atoms with van der Waals surface area (Å²) in [5, 5.41) is 0.440. The lowest BCUT2D eigenvalue weighted by Gasteiger charge is -1.99. The first-order chi connectivity index (χ1) is 6.33. The van der Waals surface area contributed by atoms with Crippen LogP contribution in [0.5, 0.6) is 0 Å². The largest absolute Gasteiger partial charge is 0.330 e. The summed E-state index contributed by atoms with van der Waals surface area (Å²) < 4.78 is 0. The van der Waals surface area contributed by atoms with E-state index in [-0.39, 0.29) is 0 Å². The molecule has 5 heteroatoms. The van der Waals surface area contributed by atoms with Crippen LogP contribution in [0.15, 0.2) is 12.4 Å². The van der Waals surface area contributed by atoms with E-state index in [0.29, 0.717) is 5.15 Å². The van der Waals surface area contributed by atoms with Crippen LogP contribution in [0.2, 0.25) is 5.15 Å². The summed E-state index contributed by atoms with van der Waals surface area (Å²) in [5.41, 5.74) is 6.33. The molecule has 72 valence electrons. The Bertz CT molecular complexity index is 240. The van der Waals surface area contributed by atoms with Gasteiger partial charge in [0, 0.05) is 5.75 Å². The minimum atomic E-state index is 0.440. The molecule has 0 aliphatic carbocycles. The van der Waals surface area contributed by atoms with Gasteiger partial charge in [0.2, 0.25) is 0 Å². The molecule has 0 fully saturated rings. The van der Waals surface area contributed by atoms with E-state index in [9.17, 15) is 0 Å². The zero-order valence-electron chi connectivity index (χ0n) is 7.24. The lowest BCUT2D eigenvalue weighted by molar-refractivity contribution is 0.942. The van der Waals surface area contributed by atoms with E-state index < -0.39 is 0 Å². The molecule has 1 rings (SSSR count). The molecule has 1 heterocycles. The van der Waals surface area contributed by atoms with E-state index in [1.807, 2.05) is 11.8 Å². The maximum atomic E-state index is 5.60. The van der Waals surface area contributed by atoms with Gasteiger partial charge in [-0.3, -0.25) is 4.98 Å². The molecule has 0 unspecified atom stereocenters. The van der Waals surface area contributed by atoms with E-state index in [1.165, 1.54) is 0 Å². The second-order valence-corrected chi connectivity index (χ2v) is 4.02. The monoisotopic (exact) mass is 217 g/mol. The maximum Gasteiger partial charge on any atom is 0.147 e. The second-order valence-electron chi connectivity index (χ2n) is 2.53. The zero-order chi connectivity index (χ0) is 9.52. The van der Waals surface area contributed by atoms with Crippen molar-refractivity contribution in [3.63, 3.8) is 0 Å². The molecular formula is C8H12ClN3S. The Kier molecular flexibility index (Phi) is 5.12. The van der Waals surface area contributed by atoms with Crippen LogP contribution in [0.25, 0.3) is 0 Å². The third kappa shape index (κ3) is 4.45. The lowest BCUT2D eigenvalue weighted by atomic mass is 10.5. The number of aromatic nitrogens is 2. The Morgan fingerprint density at radius 1 is 1.38 bits per heavy atom. The molecule has 0 spiro atoms. The molecule has 2 N–H and O–H groups in total. The summed E-state index contributed by atoms with van der Waals surface area (Å²) in [4.78, 5) is 8.07. The van der Waals surface area contributed by atoms with Crippen LogP contribution in [0.3, 0.4) is 0 Å². The Balaban J connectivity index is 2.25. The van der Waals surface area contributed by atoms with Gasteiger partial charge in [0.25, 0.3) is 0 Å². The van der Waals surface area contributed by atoms with Gasteiger partial charge in [0.15, 0.2) is 0 Å². The highest BCUT2D eigenvalue weighted by molar-refractivity contribution is 7.98. The molecule has 0 bridgehead atoms. The van der Waals surface area contributed by atoms with Gasteiger partial charge in [-0.1, -0.05) is 11.6 Å². The topological polar surface area (TPSA) is 51.8 Å². The molecule has 0 aromatic carbocycles. The van der Waals surface area contributed by atoms with Crippen molar-refractivity contribution in [1.82, 2.24) is 9.97 Å². The van der Waals surface area contributed by atoms with Gasteiger partial charge in [0.05, 0.1) is 18.1 Å². The smallest absolute Gasteiger partial charge is 0.147 e. The minimum absolute atomic E-state index is 0.440. The van der Waals surface area contributed by atoms with Gasteiger partial charge in [-0.2, -0.15) is 11.8 Å². The van der Waals surface area contributed by atoms with E-state index in [0.717, 1.165) is 30.2 Å². The lowest BCUT2D eigenvalue weighted by Crippen LogP contribution is -1.99. The third-order valence-electron chi connectivity index (χ3n) is 1.42. The number of rotatable bonds is 5. The van der Waals surface area contributed by atoms with Gasteiger partial charge < -0.3 is 5.73 Å². The van der Waals surface area contributed by atoms with Gasteiger partial charge in [-0.05, 0) is 18.7 Å². The fourth-order valence-corrected chi connectivity index (χ4v) is 1.75. The van der Waals surface area contributed by atoms with Gasteiger partial charge in [0.1, 0.15) is 5.15 Å². The van der Waals surface area contributed by atoms with Crippen molar-refractivity contribution in [3.8, 4) is 0 Å². The summed E-state index contributed by atoms with van der Waals surface area (Å²) in [6.07, 6.45) is 4.32. The molecule has 0 aliphatic rings. The van der Waals surface area contributed by atoms with Crippen molar-refractivity contribution < 1.29 is 0 Å². The first-order valence-corrected chi connectivity index (χ1v) is 5.60. The van der Waals surface area contributed by atoms with Gasteiger partial charge in [-0.15, -0.1) is 0 Å². The van der Waals surface area contributed by atoms with Gasteiger partial charge >= 0.3 is 0 Å². The van der Waals surface area contributed by atoms with Crippen molar-refractivity contribution in [2.24, 2.45) is 5.73 Å². The molecule has 0 amide bonds. The normalized spacial score (nSPS) is 10.3. The number of nitrogens with two attached hydrogens (primary N) is 1. The highest BCUT2D eigenvalue weighted by Gasteiger charge is 1.95. The van der Waals surface area contributed by atoms with Crippen LogP contribution in [-0.2, 0) is 5.75 Å². The van der Waals surface area contributed by atoms with Crippen LogP contribution < -0.4 is 5.73 Å². The molecule has 13 heavy (non-hydrogen) atoms. The van der Waals surface area contributed by atoms with Crippen LogP contribution in [0, 0.1) is 0 Å². The molecule has 0 saturated carbocycles. The standard InChI is InChI=1S/C8H12ClN3S/c9-8-5-11-7(4-12-8)6-13-3-1-2-10/h4-5H,1-3,6,10H2. The predicted octanol–water partition coefficient (Wildman–Crippen LogP) is 1.71. The van der Waals surface area contributed by atoms with E-state index >= 15 is 0 Å². The highest BCUT2D eigenvalue weighted by atomic mass is 35.5. The van der Waals surface area contributed by atoms with Crippen LogP contribution in [0.4, 0.5) is 0 Å². The van der Waals surface area contributed by atoms with E-state index in [4.69, 9.17) is 17.3 Å². The number of hydrogen-bond acceptors (Lipinski definition) is 4. The maximum absolute atomic E-state index is 5.60. The molecule has 0 aliphatic heterocycles. The summed E-state index contributed by atoms with van der Waals surface area (Å²) in [6, 6.07) is 0. The van der Waals surface area contributed by atoms with Crippen molar-refractivity contribution in [3.05, 3.63) is 23.2 Å². The van der Waals surface area contributed by atoms with Crippen LogP contribution >= 0.6 is 23.4 Å². The quantitative estimate of drug-likeness (QED) is 0.763. The number of nitrogens with zero attached hydrogens (tertiary/aromatic N) is 2. The minimum Gasteiger partial charge on any atom is -0.330 e. The fraction of sp³-hybridized carbons (Fsp3) is 0.500. The first-order valence-electron chi connectivity index (χ1n) is 4.07. The first kappa shape index (κ1) is 10.8. The second kappa shape index (κ2) is 6.18. The summed E-state index contributed by atoms with van der Waals surface area (Å²) >= 11 is 7.41. The molecule has 1 aromatic heterocycles. The number of halogens is 1. The SMILES string of the molecule is NCCCSCc1cnc(Cl)cn1.